The molecule has 7 saturated heterocycles. The number of allylic oxidation sites excluding steroid dienone is 3. The van der Waals surface area contributed by atoms with Crippen LogP contribution in [0.3, 0.4) is 0 Å². The van der Waals surface area contributed by atoms with Crippen LogP contribution in [-0.2, 0) is 105 Å². The number of ketones is 1. The van der Waals surface area contributed by atoms with E-state index < -0.39 is 369 Å². The molecule has 0 bridgehead atoms. The van der Waals surface area contributed by atoms with Crippen LogP contribution in [0.15, 0.2) is 24.3 Å². The van der Waals surface area contributed by atoms with E-state index >= 15 is 0 Å². The van der Waals surface area contributed by atoms with E-state index in [1.54, 1.807) is 6.08 Å². The van der Waals surface area contributed by atoms with Gasteiger partial charge in [-0.05, 0) is 51.9 Å². The van der Waals surface area contributed by atoms with Crippen molar-refractivity contribution in [2.45, 2.75) is 472 Å². The molecule has 7 rings (SSSR count). The average Bonchev–Trinajstić information content (AvgIpc) is 0.739. The van der Waals surface area contributed by atoms with Gasteiger partial charge in [0.25, 0.3) is 17.4 Å². The zero-order valence-corrected chi connectivity index (χ0v) is 84.2. The smallest absolute Gasteiger partial charge is 0.364 e. The minimum Gasteiger partial charge on any atom is -0.477 e. The molecule has 0 saturated carbocycles. The van der Waals surface area contributed by atoms with E-state index in [0.29, 0.717) is 12.8 Å². The van der Waals surface area contributed by atoms with Gasteiger partial charge in [-0.3, -0.25) is 19.2 Å². The molecule has 0 aliphatic carbocycles. The van der Waals surface area contributed by atoms with Crippen LogP contribution in [0.1, 0.15) is 234 Å². The molecule has 0 spiro atoms. The number of ether oxygens (including phenoxy) is 14. The highest BCUT2D eigenvalue weighted by Crippen LogP contribution is 2.46. The van der Waals surface area contributed by atoms with E-state index in [2.05, 4.69) is 47.3 Å². The standard InChI is InChI=1S/C96H164N4O47/c1-7-9-11-13-15-17-19-21-22-24-26-28-30-32-34-36-66(117)100-54(55(112)35-33-31-29-27-25-23-20-18-16-14-12-10-8-2)48-134-88-78(126)76(124)81(64(46-106)137-88)140-90-79(127)86(82(65(47-107)138-90)141-87-53(37-49(3)108)80(72(120)61(43-103)135-87)139-89-77(125)75(123)71(119)60(42-102)136-89)147-96(93(132)133)40-58(115)69(99-52(6)111)85(146-96)74(122)63(45-105)143-95(92(130)131)39-57(114)68(98-51(5)110)84(145-95)73(121)62(44-104)142-94(91(128)129)38-56(113)67(97-50(4)109)83(144-94)70(118)59(116)41-101/h17,19,33,35,53-65,67-90,101-107,112-116,118-127H,7-16,18,20-32,34,36-48H2,1-6H3,(H,97,109)(H,98,110)(H,99,111)(H,100,117)(H,128,129)(H,130,131)(H,132,133)/b19-17-,35-33+/t53-,54+,55-,56+,57+,58+,59-,60-,61-,62-,63-,64-,65-,67-,68-,69-,70-,71+,72+,73-,74-,75+,76-,77-,78-,79-,80-,81-,82+,83?,84?,85?,86-,87+,88-,89+,90+,94-,95-,96+/m1/s1. The number of hydrogen-bond donors (Lipinski definition) is 29. The van der Waals surface area contributed by atoms with Crippen molar-refractivity contribution in [3.8, 4) is 0 Å². The summed E-state index contributed by atoms with van der Waals surface area (Å²) < 4.78 is 84.4. The SMILES string of the molecule is CCCCCC/C=C\CCCCCCCCCC(=O)N[C@@H](CO[C@@H]1O[C@H](CO)[C@@H](O[C@@H]2O[C@H](CO)[C@H](O[C@@H]3O[C@H](CO)[C@H](O)[C@H](O[C@@H]4O[C@H](CO)[C@H](O)[C@H](O)[C@H]4O)[C@H]3CC(C)=O)[C@H](O[C@]3(C(=O)O)C[C@H](O)[C@@H](NC(C)=O)C([C@H](O)[C@@H](CO)O[C@]4(C(=O)O)C[C@H](O)[C@@H](NC(C)=O)C([C@H](O)[C@@H](CO)O[C@]5(C(=O)O)C[C@H](O)[C@@H](NC(C)=O)C([C@H](O)[C@H](O)CO)O5)O4)O3)[C@H]2O)[C@H](O)[C@H]1O)[C@H](O)/C=C/CCCCCCCCCCCCC. The van der Waals surface area contributed by atoms with Gasteiger partial charge < -0.3 is 220 Å². The summed E-state index contributed by atoms with van der Waals surface area (Å²) in [5.74, 6) is -24.3. The highest BCUT2D eigenvalue weighted by molar-refractivity contribution is 5.79. The van der Waals surface area contributed by atoms with Crippen LogP contribution in [-0.4, -0.2) is 465 Å². The number of aliphatic hydroxyl groups is 22. The van der Waals surface area contributed by atoms with Crippen LogP contribution in [0.5, 0.6) is 0 Å². The average molecular weight is 2130 g/mol. The highest BCUT2D eigenvalue weighted by atomic mass is 16.8. The molecule has 4 amide bonds. The van der Waals surface area contributed by atoms with Crippen molar-refractivity contribution in [3.05, 3.63) is 24.3 Å². The Hall–Kier alpha value is -6.00. The van der Waals surface area contributed by atoms with Gasteiger partial charge in [0.2, 0.25) is 23.6 Å². The Bertz CT molecular complexity index is 3960. The van der Waals surface area contributed by atoms with E-state index in [-0.39, 0.29) is 6.42 Å². The van der Waals surface area contributed by atoms with Crippen LogP contribution < -0.4 is 21.3 Å². The molecule has 51 heteroatoms. The molecule has 40 atom stereocenters. The quantitative estimate of drug-likeness (QED) is 0.0199. The number of unbranched alkanes of at least 4 members (excludes halogenated alkanes) is 22. The maximum atomic E-state index is 14.7. The topological polar surface area (TPSA) is 820 Å². The predicted molar refractivity (Wildman–Crippen MR) is 502 cm³/mol. The summed E-state index contributed by atoms with van der Waals surface area (Å²) in [5.41, 5.74) is 0. The Morgan fingerprint density at radius 2 is 0.762 bits per heavy atom. The minimum atomic E-state index is -3.81. The van der Waals surface area contributed by atoms with Crippen molar-refractivity contribution in [3.63, 3.8) is 0 Å². The number of Topliss-reactive ketones (excluding diaryl/α,β-unsaturated/α-hetero) is 1. The third kappa shape index (κ3) is 36.0. The largest absolute Gasteiger partial charge is 0.477 e. The normalized spacial score (nSPS) is 35.6. The van der Waals surface area contributed by atoms with Gasteiger partial charge in [-0.2, -0.15) is 0 Å². The van der Waals surface area contributed by atoms with Gasteiger partial charge in [-0.1, -0.05) is 154 Å². The van der Waals surface area contributed by atoms with Crippen molar-refractivity contribution in [1.29, 1.82) is 0 Å². The van der Waals surface area contributed by atoms with E-state index in [0.717, 1.165) is 124 Å². The van der Waals surface area contributed by atoms with Crippen LogP contribution >= 0.6 is 0 Å². The van der Waals surface area contributed by atoms with Gasteiger partial charge in [0.05, 0.1) is 108 Å². The zero-order valence-electron chi connectivity index (χ0n) is 84.2. The second-order valence-corrected chi connectivity index (χ2v) is 39.2. The summed E-state index contributed by atoms with van der Waals surface area (Å²) >= 11 is 0. The number of aliphatic hydroxyl groups excluding tert-OH is 22. The maximum absolute atomic E-state index is 14.7. The van der Waals surface area contributed by atoms with E-state index in [1.165, 1.54) is 57.4 Å². The number of hydrogen-bond acceptors (Lipinski definition) is 44. The maximum Gasteiger partial charge on any atom is 0.364 e. The lowest BCUT2D eigenvalue weighted by Crippen LogP contribution is -2.72. The van der Waals surface area contributed by atoms with Gasteiger partial charge in [0.1, 0.15) is 146 Å². The Morgan fingerprint density at radius 3 is 1.20 bits per heavy atom. The highest BCUT2D eigenvalue weighted by Gasteiger charge is 2.66. The van der Waals surface area contributed by atoms with Crippen molar-refractivity contribution in [1.82, 2.24) is 21.3 Å². The Balaban J connectivity index is 1.24. The molecule has 850 valence electrons. The first-order chi connectivity index (χ1) is 69.9. The van der Waals surface area contributed by atoms with Crippen LogP contribution in [0.2, 0.25) is 0 Å². The number of aliphatic carboxylic acids is 3. The number of rotatable bonds is 66. The molecule has 7 aliphatic rings. The van der Waals surface area contributed by atoms with Crippen LogP contribution in [0, 0.1) is 5.92 Å². The fraction of sp³-hybridized carbons (Fsp3) is 0.875. The van der Waals surface area contributed by atoms with Gasteiger partial charge in [0, 0.05) is 58.8 Å². The third-order valence-corrected chi connectivity index (χ3v) is 27.5. The van der Waals surface area contributed by atoms with Crippen molar-refractivity contribution in [2.24, 2.45) is 5.92 Å². The van der Waals surface area contributed by atoms with Gasteiger partial charge >= 0.3 is 17.9 Å². The first-order valence-electron chi connectivity index (χ1n) is 51.2. The van der Waals surface area contributed by atoms with Crippen molar-refractivity contribution >= 4 is 47.3 Å². The number of amides is 4. The fourth-order valence-electron chi connectivity index (χ4n) is 19.4. The molecule has 0 aromatic heterocycles. The monoisotopic (exact) mass is 2130 g/mol. The second kappa shape index (κ2) is 63.1. The van der Waals surface area contributed by atoms with Gasteiger partial charge in [-0.25, -0.2) is 14.4 Å². The predicted octanol–water partition coefficient (Wildman–Crippen LogP) is -5.83. The lowest BCUT2D eigenvalue weighted by molar-refractivity contribution is -0.407. The molecule has 0 radical (unpaired) electrons. The Kier molecular flexibility index (Phi) is 54.9. The molecule has 3 unspecified atom stereocenters. The van der Waals surface area contributed by atoms with Crippen LogP contribution in [0.25, 0.3) is 0 Å². The Labute approximate surface area is 852 Å². The summed E-state index contributed by atoms with van der Waals surface area (Å²) in [6.45, 7) is -2.21. The van der Waals surface area contributed by atoms with Gasteiger partial charge in [0.15, 0.2) is 25.2 Å². The number of nitrogens with one attached hydrogen (secondary N) is 4. The zero-order chi connectivity index (χ0) is 109. The molecule has 7 fully saturated rings. The fourth-order valence-corrected chi connectivity index (χ4v) is 19.4. The summed E-state index contributed by atoms with van der Waals surface area (Å²) in [6.07, 6.45) is -46.0. The molecular weight excluding hydrogens is 1960 g/mol. The van der Waals surface area contributed by atoms with Crippen LogP contribution in [0.4, 0.5) is 0 Å². The summed E-state index contributed by atoms with van der Waals surface area (Å²) in [7, 11) is 0. The second-order valence-electron chi connectivity index (χ2n) is 39.2. The summed E-state index contributed by atoms with van der Waals surface area (Å²) in [6, 6.07) is -7.46. The number of carboxylic acid groups (broad SMARTS) is 3. The van der Waals surface area contributed by atoms with Gasteiger partial charge in [-0.15, -0.1) is 0 Å². The molecule has 147 heavy (non-hydrogen) atoms. The molecular formula is C96H164N4O47. The summed E-state index contributed by atoms with van der Waals surface area (Å²) in [4.78, 5) is 108. The molecule has 0 aromatic rings. The minimum absolute atomic E-state index is 0.0468. The molecule has 0 aromatic carbocycles. The molecule has 29 N–H and O–H groups in total. The van der Waals surface area contributed by atoms with E-state index in [4.69, 9.17) is 66.3 Å². The van der Waals surface area contributed by atoms with Crippen molar-refractivity contribution in [2.75, 3.05) is 52.9 Å². The Morgan fingerprint density at radius 1 is 0.388 bits per heavy atom. The first kappa shape index (κ1) is 128. The number of carboxylic acids is 3. The third-order valence-electron chi connectivity index (χ3n) is 27.5. The lowest BCUT2D eigenvalue weighted by atomic mass is 9.86. The molecule has 51 nitrogen and oxygen atoms in total. The molecule has 7 aliphatic heterocycles. The lowest BCUT2D eigenvalue weighted by Gasteiger charge is -2.53. The first-order valence-corrected chi connectivity index (χ1v) is 51.2. The molecule has 7 heterocycles. The van der Waals surface area contributed by atoms with E-state index in [9.17, 15) is 166 Å². The summed E-state index contributed by atoms with van der Waals surface area (Å²) in [5, 5.41) is 296. The number of carbonyl (C=O) groups excluding carboxylic acids is 5. The number of carbonyl (C=O) groups is 8. The van der Waals surface area contributed by atoms with E-state index in [1.807, 2.05) is 0 Å². The van der Waals surface area contributed by atoms with Crippen molar-refractivity contribution < 1.29 is 232 Å².